The SMILES string of the molecule is Cc1cc(-c2cnn(-c3ccccc3)c2)cc(C)n1. The van der Waals surface area contributed by atoms with E-state index in [1.165, 1.54) is 0 Å². The molecule has 0 fully saturated rings. The maximum Gasteiger partial charge on any atom is 0.0645 e. The molecule has 0 saturated carbocycles. The predicted molar refractivity (Wildman–Crippen MR) is 76.3 cm³/mol. The van der Waals surface area contributed by atoms with Gasteiger partial charge in [-0.1, -0.05) is 18.2 Å². The Morgan fingerprint density at radius 1 is 0.895 bits per heavy atom. The van der Waals surface area contributed by atoms with Crippen LogP contribution in [0.2, 0.25) is 0 Å². The Hall–Kier alpha value is -2.42. The van der Waals surface area contributed by atoms with E-state index in [1.807, 2.05) is 61.3 Å². The fourth-order valence-corrected chi connectivity index (χ4v) is 2.19. The van der Waals surface area contributed by atoms with Crippen LogP contribution in [-0.2, 0) is 0 Å². The minimum absolute atomic E-state index is 1.03. The van der Waals surface area contributed by atoms with Gasteiger partial charge in [-0.05, 0) is 43.7 Å². The molecule has 3 heteroatoms. The summed E-state index contributed by atoms with van der Waals surface area (Å²) >= 11 is 0. The molecule has 0 radical (unpaired) electrons. The van der Waals surface area contributed by atoms with Crippen molar-refractivity contribution in [2.45, 2.75) is 13.8 Å². The lowest BCUT2D eigenvalue weighted by Gasteiger charge is -2.02. The largest absolute Gasteiger partial charge is 0.258 e. The second-order valence-corrected chi connectivity index (χ2v) is 4.65. The van der Waals surface area contributed by atoms with Crippen molar-refractivity contribution >= 4 is 0 Å². The van der Waals surface area contributed by atoms with Gasteiger partial charge in [0.15, 0.2) is 0 Å². The zero-order chi connectivity index (χ0) is 13.2. The van der Waals surface area contributed by atoms with E-state index in [-0.39, 0.29) is 0 Å². The first-order valence-corrected chi connectivity index (χ1v) is 6.28. The molecule has 0 aliphatic carbocycles. The molecule has 94 valence electrons. The zero-order valence-electron chi connectivity index (χ0n) is 11.0. The smallest absolute Gasteiger partial charge is 0.0645 e. The summed E-state index contributed by atoms with van der Waals surface area (Å²) in [6, 6.07) is 14.3. The molecule has 3 rings (SSSR count). The summed E-state index contributed by atoms with van der Waals surface area (Å²) in [7, 11) is 0. The van der Waals surface area contributed by atoms with Crippen molar-refractivity contribution in [3.05, 3.63) is 66.2 Å². The quantitative estimate of drug-likeness (QED) is 0.695. The molecule has 3 nitrogen and oxygen atoms in total. The van der Waals surface area contributed by atoms with E-state index in [9.17, 15) is 0 Å². The van der Waals surface area contributed by atoms with Crippen LogP contribution in [0.1, 0.15) is 11.4 Å². The topological polar surface area (TPSA) is 30.7 Å². The van der Waals surface area contributed by atoms with Gasteiger partial charge in [-0.2, -0.15) is 5.10 Å². The lowest BCUT2D eigenvalue weighted by atomic mass is 10.1. The first-order chi connectivity index (χ1) is 9.22. The first kappa shape index (κ1) is 11.7. The van der Waals surface area contributed by atoms with Crippen LogP contribution in [0.15, 0.2) is 54.9 Å². The second kappa shape index (κ2) is 4.69. The van der Waals surface area contributed by atoms with Gasteiger partial charge >= 0.3 is 0 Å². The number of hydrogen-bond donors (Lipinski definition) is 0. The number of aryl methyl sites for hydroxylation is 2. The van der Waals surface area contributed by atoms with Crippen LogP contribution < -0.4 is 0 Å². The van der Waals surface area contributed by atoms with Gasteiger partial charge in [-0.25, -0.2) is 4.68 Å². The van der Waals surface area contributed by atoms with Crippen LogP contribution >= 0.6 is 0 Å². The van der Waals surface area contributed by atoms with E-state index in [0.717, 1.165) is 28.2 Å². The molecular formula is C16H15N3. The van der Waals surface area contributed by atoms with Gasteiger partial charge < -0.3 is 0 Å². The minimum atomic E-state index is 1.03. The molecule has 0 bridgehead atoms. The van der Waals surface area contributed by atoms with E-state index in [2.05, 4.69) is 22.2 Å². The number of benzene rings is 1. The highest BCUT2D eigenvalue weighted by Crippen LogP contribution is 2.21. The number of rotatable bonds is 2. The second-order valence-electron chi connectivity index (χ2n) is 4.65. The van der Waals surface area contributed by atoms with Gasteiger partial charge in [0.05, 0.1) is 11.9 Å². The van der Waals surface area contributed by atoms with Crippen LogP contribution in [0, 0.1) is 13.8 Å². The summed E-state index contributed by atoms with van der Waals surface area (Å²) in [5, 5.41) is 4.42. The van der Waals surface area contributed by atoms with E-state index in [0.29, 0.717) is 0 Å². The Morgan fingerprint density at radius 2 is 1.58 bits per heavy atom. The third-order valence-electron chi connectivity index (χ3n) is 3.02. The summed E-state index contributed by atoms with van der Waals surface area (Å²) in [6.07, 6.45) is 3.94. The molecule has 1 aromatic carbocycles. The maximum absolute atomic E-state index is 4.42. The molecule has 0 saturated heterocycles. The molecule has 0 aliphatic rings. The molecule has 0 amide bonds. The molecule has 0 unspecified atom stereocenters. The van der Waals surface area contributed by atoms with Gasteiger partial charge in [0, 0.05) is 23.1 Å². The summed E-state index contributed by atoms with van der Waals surface area (Å²) in [6.45, 7) is 4.02. The third kappa shape index (κ3) is 2.40. The summed E-state index contributed by atoms with van der Waals surface area (Å²) in [5.41, 5.74) is 5.39. The van der Waals surface area contributed by atoms with E-state index >= 15 is 0 Å². The van der Waals surface area contributed by atoms with Gasteiger partial charge in [0.25, 0.3) is 0 Å². The van der Waals surface area contributed by atoms with Crippen LogP contribution in [-0.4, -0.2) is 14.8 Å². The Kier molecular flexibility index (Phi) is 2.88. The molecule has 0 aliphatic heterocycles. The standard InChI is InChI=1S/C16H15N3/c1-12-8-14(9-13(2)18-12)15-10-17-19(11-15)16-6-4-3-5-7-16/h3-11H,1-2H3. The zero-order valence-corrected chi connectivity index (χ0v) is 11.0. The molecule has 0 atom stereocenters. The third-order valence-corrected chi connectivity index (χ3v) is 3.02. The molecule has 19 heavy (non-hydrogen) atoms. The Balaban J connectivity index is 2.02. The summed E-state index contributed by atoms with van der Waals surface area (Å²) in [5.74, 6) is 0. The average molecular weight is 249 g/mol. The Labute approximate surface area is 112 Å². The van der Waals surface area contributed by atoms with E-state index in [4.69, 9.17) is 0 Å². The lowest BCUT2D eigenvalue weighted by molar-refractivity contribution is 0.881. The summed E-state index contributed by atoms with van der Waals surface area (Å²) in [4.78, 5) is 4.40. The van der Waals surface area contributed by atoms with Gasteiger partial charge in [-0.15, -0.1) is 0 Å². The van der Waals surface area contributed by atoms with Crippen molar-refractivity contribution in [3.63, 3.8) is 0 Å². The highest BCUT2D eigenvalue weighted by molar-refractivity contribution is 5.63. The molecule has 0 N–H and O–H groups in total. The number of hydrogen-bond acceptors (Lipinski definition) is 2. The van der Waals surface area contributed by atoms with Crippen LogP contribution in [0.25, 0.3) is 16.8 Å². The fourth-order valence-electron chi connectivity index (χ4n) is 2.19. The van der Waals surface area contributed by atoms with Crippen molar-refractivity contribution < 1.29 is 0 Å². The van der Waals surface area contributed by atoms with Crippen molar-refractivity contribution in [2.75, 3.05) is 0 Å². The normalized spacial score (nSPS) is 10.6. The highest BCUT2D eigenvalue weighted by atomic mass is 15.3. The summed E-state index contributed by atoms with van der Waals surface area (Å²) < 4.78 is 1.89. The Bertz CT molecular complexity index is 679. The number of para-hydroxylation sites is 1. The van der Waals surface area contributed by atoms with Gasteiger partial charge in [0.1, 0.15) is 0 Å². The van der Waals surface area contributed by atoms with Crippen molar-refractivity contribution in [3.8, 4) is 16.8 Å². The molecule has 3 aromatic rings. The molecule has 2 aromatic heterocycles. The molecule has 2 heterocycles. The Morgan fingerprint density at radius 3 is 2.26 bits per heavy atom. The lowest BCUT2D eigenvalue weighted by Crippen LogP contribution is -1.92. The van der Waals surface area contributed by atoms with Crippen LogP contribution in [0.5, 0.6) is 0 Å². The minimum Gasteiger partial charge on any atom is -0.258 e. The van der Waals surface area contributed by atoms with E-state index < -0.39 is 0 Å². The molecular weight excluding hydrogens is 234 g/mol. The average Bonchev–Trinajstić information content (AvgIpc) is 2.88. The van der Waals surface area contributed by atoms with Crippen molar-refractivity contribution in [2.24, 2.45) is 0 Å². The first-order valence-electron chi connectivity index (χ1n) is 6.28. The number of aromatic nitrogens is 3. The number of pyridine rings is 1. The monoisotopic (exact) mass is 249 g/mol. The van der Waals surface area contributed by atoms with Crippen molar-refractivity contribution in [1.82, 2.24) is 14.8 Å². The van der Waals surface area contributed by atoms with Crippen molar-refractivity contribution in [1.29, 1.82) is 0 Å². The van der Waals surface area contributed by atoms with Crippen LogP contribution in [0.3, 0.4) is 0 Å². The predicted octanol–water partition coefficient (Wildman–Crippen LogP) is 3.55. The highest BCUT2D eigenvalue weighted by Gasteiger charge is 2.04. The van der Waals surface area contributed by atoms with Gasteiger partial charge in [0.2, 0.25) is 0 Å². The fraction of sp³-hybridized carbons (Fsp3) is 0.125. The maximum atomic E-state index is 4.42. The van der Waals surface area contributed by atoms with Gasteiger partial charge in [-0.3, -0.25) is 4.98 Å². The van der Waals surface area contributed by atoms with E-state index in [1.54, 1.807) is 0 Å². The number of nitrogens with zero attached hydrogens (tertiary/aromatic N) is 3. The molecule has 0 spiro atoms. The van der Waals surface area contributed by atoms with Crippen LogP contribution in [0.4, 0.5) is 0 Å².